The van der Waals surface area contributed by atoms with Crippen molar-refractivity contribution in [3.05, 3.63) is 30.1 Å². The van der Waals surface area contributed by atoms with Gasteiger partial charge < -0.3 is 5.11 Å². The molecule has 110 valence electrons. The second-order valence-electron chi connectivity index (χ2n) is 5.90. The monoisotopic (exact) mass is 276 g/mol. The second kappa shape index (κ2) is 6.35. The van der Waals surface area contributed by atoms with Crippen molar-refractivity contribution in [2.24, 2.45) is 0 Å². The minimum atomic E-state index is -0.702. The summed E-state index contributed by atoms with van der Waals surface area (Å²) in [5, 5.41) is 9.29. The minimum absolute atomic E-state index is 0.133. The maximum absolute atomic E-state index is 11.3. The Morgan fingerprint density at radius 2 is 2.10 bits per heavy atom. The van der Waals surface area contributed by atoms with E-state index in [0.717, 1.165) is 31.4 Å². The van der Waals surface area contributed by atoms with Crippen LogP contribution in [0.15, 0.2) is 24.4 Å². The van der Waals surface area contributed by atoms with E-state index in [0.29, 0.717) is 0 Å². The van der Waals surface area contributed by atoms with Crippen LogP contribution in [-0.4, -0.2) is 33.5 Å². The molecule has 1 N–H and O–H groups in total. The molecule has 0 saturated heterocycles. The molecule has 4 heteroatoms. The highest BCUT2D eigenvalue weighted by molar-refractivity contribution is 5.68. The fraction of sp³-hybridized carbons (Fsp3) is 0.625. The van der Waals surface area contributed by atoms with Crippen LogP contribution in [0.25, 0.3) is 0 Å². The van der Waals surface area contributed by atoms with Crippen LogP contribution in [0.2, 0.25) is 0 Å². The van der Waals surface area contributed by atoms with E-state index in [4.69, 9.17) is 0 Å². The van der Waals surface area contributed by atoms with Crippen molar-refractivity contribution >= 4 is 5.97 Å². The van der Waals surface area contributed by atoms with Crippen LogP contribution >= 0.6 is 0 Å². The zero-order chi connectivity index (χ0) is 14.6. The fourth-order valence-corrected chi connectivity index (χ4v) is 3.38. The summed E-state index contributed by atoms with van der Waals surface area (Å²) in [6.07, 6.45) is 7.40. The van der Waals surface area contributed by atoms with E-state index in [1.165, 1.54) is 6.42 Å². The fourth-order valence-electron chi connectivity index (χ4n) is 3.38. The van der Waals surface area contributed by atoms with Gasteiger partial charge in [0.15, 0.2) is 0 Å². The summed E-state index contributed by atoms with van der Waals surface area (Å²) >= 11 is 0. The minimum Gasteiger partial charge on any atom is -0.481 e. The van der Waals surface area contributed by atoms with E-state index in [2.05, 4.69) is 16.8 Å². The lowest BCUT2D eigenvalue weighted by atomic mass is 9.77. The van der Waals surface area contributed by atoms with Gasteiger partial charge in [0, 0.05) is 17.8 Å². The maximum atomic E-state index is 11.3. The normalized spacial score (nSPS) is 19.8. The number of hydrogen-bond donors (Lipinski definition) is 1. The van der Waals surface area contributed by atoms with E-state index in [1.54, 1.807) is 6.20 Å². The molecule has 1 aliphatic carbocycles. The number of carbonyl (C=O) groups is 1. The average molecular weight is 276 g/mol. The maximum Gasteiger partial charge on any atom is 0.305 e. The standard InChI is InChI=1S/C16H24N2O2/c1-13(14-8-4-7-11-17-14)18(2)16(12-15(19)20)9-5-3-6-10-16/h4,7-8,11,13H,3,5-6,9-10,12H2,1-2H3,(H,19,20). The van der Waals surface area contributed by atoms with Gasteiger partial charge in [0.1, 0.15) is 0 Å². The lowest BCUT2D eigenvalue weighted by Crippen LogP contribution is -2.50. The Hall–Kier alpha value is -1.42. The van der Waals surface area contributed by atoms with Crippen LogP contribution in [0.5, 0.6) is 0 Å². The molecule has 1 heterocycles. The summed E-state index contributed by atoms with van der Waals surface area (Å²) in [4.78, 5) is 17.9. The molecule has 0 spiro atoms. The highest BCUT2D eigenvalue weighted by Gasteiger charge is 2.40. The Bertz CT molecular complexity index is 441. The molecule has 0 radical (unpaired) electrons. The number of hydrogen-bond acceptors (Lipinski definition) is 3. The van der Waals surface area contributed by atoms with Gasteiger partial charge in [-0.25, -0.2) is 0 Å². The van der Waals surface area contributed by atoms with Crippen molar-refractivity contribution in [3.63, 3.8) is 0 Å². The van der Waals surface area contributed by atoms with E-state index < -0.39 is 5.97 Å². The molecule has 1 unspecified atom stereocenters. The zero-order valence-electron chi connectivity index (χ0n) is 12.4. The topological polar surface area (TPSA) is 53.4 Å². The highest BCUT2D eigenvalue weighted by Crippen LogP contribution is 2.39. The number of pyridine rings is 1. The van der Waals surface area contributed by atoms with Gasteiger partial charge in [-0.15, -0.1) is 0 Å². The van der Waals surface area contributed by atoms with Gasteiger partial charge in [0.05, 0.1) is 12.1 Å². The first-order chi connectivity index (χ1) is 9.55. The lowest BCUT2D eigenvalue weighted by molar-refractivity contribution is -0.141. The Balaban J connectivity index is 2.21. The van der Waals surface area contributed by atoms with Crippen LogP contribution in [0.3, 0.4) is 0 Å². The van der Waals surface area contributed by atoms with Crippen LogP contribution in [0.4, 0.5) is 0 Å². The van der Waals surface area contributed by atoms with E-state index in [1.807, 2.05) is 25.2 Å². The van der Waals surface area contributed by atoms with Crippen molar-refractivity contribution in [2.75, 3.05) is 7.05 Å². The first-order valence-electron chi connectivity index (χ1n) is 7.41. The Morgan fingerprint density at radius 1 is 1.40 bits per heavy atom. The van der Waals surface area contributed by atoms with Crippen LogP contribution < -0.4 is 0 Å². The van der Waals surface area contributed by atoms with Gasteiger partial charge in [0.25, 0.3) is 0 Å². The van der Waals surface area contributed by atoms with Gasteiger partial charge in [0.2, 0.25) is 0 Å². The SMILES string of the molecule is CC(c1ccccn1)N(C)C1(CC(=O)O)CCCCC1. The number of rotatable bonds is 5. The first kappa shape index (κ1) is 15.0. The molecule has 1 aliphatic rings. The number of nitrogens with zero attached hydrogens (tertiary/aromatic N) is 2. The molecule has 4 nitrogen and oxygen atoms in total. The first-order valence-corrected chi connectivity index (χ1v) is 7.41. The van der Waals surface area contributed by atoms with Crippen molar-refractivity contribution in [2.45, 2.75) is 57.0 Å². The summed E-state index contributed by atoms with van der Waals surface area (Å²) in [6.45, 7) is 2.11. The molecule has 20 heavy (non-hydrogen) atoms. The van der Waals surface area contributed by atoms with Gasteiger partial charge in [-0.2, -0.15) is 0 Å². The Morgan fingerprint density at radius 3 is 2.65 bits per heavy atom. The van der Waals surface area contributed by atoms with Crippen molar-refractivity contribution in [1.82, 2.24) is 9.88 Å². The summed E-state index contributed by atoms with van der Waals surface area (Å²) in [5.74, 6) is -0.702. The number of aliphatic carboxylic acids is 1. The van der Waals surface area contributed by atoms with E-state index in [9.17, 15) is 9.90 Å². The summed E-state index contributed by atoms with van der Waals surface area (Å²) < 4.78 is 0. The van der Waals surface area contributed by atoms with Gasteiger partial charge >= 0.3 is 5.97 Å². The molecule has 0 aromatic carbocycles. The smallest absolute Gasteiger partial charge is 0.305 e. The third-order valence-corrected chi connectivity index (χ3v) is 4.71. The van der Waals surface area contributed by atoms with Crippen molar-refractivity contribution in [1.29, 1.82) is 0 Å². The largest absolute Gasteiger partial charge is 0.481 e. The molecule has 0 aliphatic heterocycles. The lowest BCUT2D eigenvalue weighted by Gasteiger charge is -2.46. The zero-order valence-corrected chi connectivity index (χ0v) is 12.4. The predicted molar refractivity (Wildman–Crippen MR) is 78.5 cm³/mol. The van der Waals surface area contributed by atoms with Gasteiger partial charge in [-0.1, -0.05) is 25.3 Å². The van der Waals surface area contributed by atoms with Gasteiger partial charge in [-0.3, -0.25) is 14.7 Å². The molecule has 2 rings (SSSR count). The third kappa shape index (κ3) is 3.18. The van der Waals surface area contributed by atoms with Crippen LogP contribution in [-0.2, 0) is 4.79 Å². The molecule has 1 aromatic heterocycles. The number of aromatic nitrogens is 1. The van der Waals surface area contributed by atoms with Crippen LogP contribution in [0.1, 0.15) is 57.2 Å². The average Bonchev–Trinajstić information content (AvgIpc) is 2.47. The summed E-state index contributed by atoms with van der Waals surface area (Å²) in [5.41, 5.74) is 0.784. The second-order valence-corrected chi connectivity index (χ2v) is 5.90. The Labute approximate surface area is 120 Å². The highest BCUT2D eigenvalue weighted by atomic mass is 16.4. The molecular formula is C16H24N2O2. The van der Waals surface area contributed by atoms with Gasteiger partial charge in [-0.05, 0) is 38.9 Å². The molecular weight excluding hydrogens is 252 g/mol. The van der Waals surface area contributed by atoms with Crippen LogP contribution in [0, 0.1) is 0 Å². The number of carboxylic acids is 1. The van der Waals surface area contributed by atoms with E-state index in [-0.39, 0.29) is 18.0 Å². The summed E-state index contributed by atoms with van der Waals surface area (Å²) in [6, 6.07) is 6.04. The quantitative estimate of drug-likeness (QED) is 0.897. The predicted octanol–water partition coefficient (Wildman–Crippen LogP) is 3.25. The molecule has 1 fully saturated rings. The third-order valence-electron chi connectivity index (χ3n) is 4.71. The molecule has 0 bridgehead atoms. The molecule has 1 atom stereocenters. The van der Waals surface area contributed by atoms with E-state index >= 15 is 0 Å². The summed E-state index contributed by atoms with van der Waals surface area (Å²) in [7, 11) is 2.05. The Kier molecular flexibility index (Phi) is 4.76. The number of carboxylic acid groups (broad SMARTS) is 1. The molecule has 1 aromatic rings. The van der Waals surface area contributed by atoms with Crippen molar-refractivity contribution in [3.8, 4) is 0 Å². The molecule has 0 amide bonds. The van der Waals surface area contributed by atoms with Crippen molar-refractivity contribution < 1.29 is 9.90 Å². The molecule has 1 saturated carbocycles.